The molecule has 1 fully saturated rings. The molecule has 1 amide bonds. The Morgan fingerprint density at radius 1 is 1.38 bits per heavy atom. The molecular weight excluding hydrogens is 369 g/mol. The van der Waals surface area contributed by atoms with E-state index in [4.69, 9.17) is 0 Å². The minimum absolute atomic E-state index is 0. The van der Waals surface area contributed by atoms with E-state index in [1.54, 1.807) is 12.1 Å². The van der Waals surface area contributed by atoms with Gasteiger partial charge in [0.2, 0.25) is 5.91 Å². The van der Waals surface area contributed by atoms with Gasteiger partial charge in [0, 0.05) is 13.0 Å². The average molecular weight is 395 g/mol. The number of amides is 1. The van der Waals surface area contributed by atoms with E-state index in [1.807, 2.05) is 0 Å². The van der Waals surface area contributed by atoms with Crippen LogP contribution in [0.2, 0.25) is 0 Å². The number of rotatable bonds is 7. The molecule has 2 unspecified atom stereocenters. The Morgan fingerprint density at radius 2 is 2.12 bits per heavy atom. The molecule has 1 heterocycles. The van der Waals surface area contributed by atoms with Gasteiger partial charge < -0.3 is 15.4 Å². The number of nitrogens with one attached hydrogen (secondary N) is 2. The monoisotopic (exact) mass is 394 g/mol. The Hall–Kier alpha value is -1.47. The van der Waals surface area contributed by atoms with Gasteiger partial charge in [-0.15, -0.1) is 25.6 Å². The summed E-state index contributed by atoms with van der Waals surface area (Å²) >= 11 is 0. The molecule has 0 saturated carbocycles. The summed E-state index contributed by atoms with van der Waals surface area (Å²) in [5.74, 6) is 0.507. The van der Waals surface area contributed by atoms with Crippen LogP contribution in [0.4, 0.5) is 13.2 Å². The molecule has 0 bridgehead atoms. The summed E-state index contributed by atoms with van der Waals surface area (Å²) in [7, 11) is 0. The largest absolute Gasteiger partial charge is 0.573 e. The maximum atomic E-state index is 12.4. The number of carbonyl (C=O) groups is 1. The zero-order valence-corrected chi connectivity index (χ0v) is 15.6. The van der Waals surface area contributed by atoms with Gasteiger partial charge in [0.25, 0.3) is 0 Å². The summed E-state index contributed by atoms with van der Waals surface area (Å²) in [6, 6.07) is 5.99. The third kappa shape index (κ3) is 7.83. The van der Waals surface area contributed by atoms with Crippen molar-refractivity contribution >= 4 is 18.3 Å². The Balaban J connectivity index is 0.00000338. The second-order valence-electron chi connectivity index (χ2n) is 6.54. The van der Waals surface area contributed by atoms with Crippen molar-refractivity contribution in [2.24, 2.45) is 11.8 Å². The fourth-order valence-corrected chi connectivity index (χ4v) is 3.17. The molecule has 2 atom stereocenters. The van der Waals surface area contributed by atoms with Crippen LogP contribution >= 0.6 is 12.4 Å². The molecule has 1 saturated heterocycles. The van der Waals surface area contributed by atoms with E-state index in [0.29, 0.717) is 17.9 Å². The highest BCUT2D eigenvalue weighted by atomic mass is 35.5. The standard InChI is InChI=1S/C18H25F3N2O2.ClH/c1-13(15-6-4-9-22-12-15)11-17(24)23-10-8-14-5-2-3-7-16(14)25-18(19,20)21;/h2-3,5,7,13,15,22H,4,6,8-12H2,1H3,(H,23,24);1H. The van der Waals surface area contributed by atoms with Gasteiger partial charge in [0.05, 0.1) is 0 Å². The van der Waals surface area contributed by atoms with E-state index in [1.165, 1.54) is 12.1 Å². The molecule has 1 aliphatic heterocycles. The fourth-order valence-electron chi connectivity index (χ4n) is 3.17. The zero-order valence-electron chi connectivity index (χ0n) is 14.8. The first-order chi connectivity index (χ1) is 11.8. The molecular formula is C18H26ClF3N2O2. The third-order valence-electron chi connectivity index (χ3n) is 4.56. The molecule has 0 aliphatic carbocycles. The van der Waals surface area contributed by atoms with Crippen LogP contribution in [0.5, 0.6) is 5.75 Å². The second-order valence-corrected chi connectivity index (χ2v) is 6.54. The highest BCUT2D eigenvalue weighted by Gasteiger charge is 2.31. The van der Waals surface area contributed by atoms with Gasteiger partial charge in [0.15, 0.2) is 0 Å². The molecule has 1 aromatic rings. The van der Waals surface area contributed by atoms with Crippen molar-refractivity contribution in [2.75, 3.05) is 19.6 Å². The lowest BCUT2D eigenvalue weighted by atomic mass is 9.85. The normalized spacial score (nSPS) is 18.5. The van der Waals surface area contributed by atoms with Crippen molar-refractivity contribution in [1.82, 2.24) is 10.6 Å². The Kier molecular flexibility index (Phi) is 9.22. The number of hydrogen-bond donors (Lipinski definition) is 2. The van der Waals surface area contributed by atoms with Crippen LogP contribution in [-0.4, -0.2) is 31.9 Å². The number of alkyl halides is 3. The zero-order chi connectivity index (χ0) is 18.3. The first-order valence-corrected chi connectivity index (χ1v) is 8.66. The van der Waals surface area contributed by atoms with E-state index in [0.717, 1.165) is 25.9 Å². The van der Waals surface area contributed by atoms with E-state index in [2.05, 4.69) is 22.3 Å². The molecule has 26 heavy (non-hydrogen) atoms. The van der Waals surface area contributed by atoms with E-state index in [-0.39, 0.29) is 42.9 Å². The van der Waals surface area contributed by atoms with Crippen LogP contribution in [0.3, 0.4) is 0 Å². The van der Waals surface area contributed by atoms with Gasteiger partial charge >= 0.3 is 6.36 Å². The molecule has 0 spiro atoms. The highest BCUT2D eigenvalue weighted by Crippen LogP contribution is 2.26. The quantitative estimate of drug-likeness (QED) is 0.741. The van der Waals surface area contributed by atoms with E-state index < -0.39 is 6.36 Å². The Morgan fingerprint density at radius 3 is 2.77 bits per heavy atom. The van der Waals surface area contributed by atoms with Gasteiger partial charge in [-0.05, 0) is 55.8 Å². The summed E-state index contributed by atoms with van der Waals surface area (Å²) in [6.07, 6.45) is -1.73. The highest BCUT2D eigenvalue weighted by molar-refractivity contribution is 5.85. The van der Waals surface area contributed by atoms with Crippen molar-refractivity contribution < 1.29 is 22.7 Å². The fraction of sp³-hybridized carbons (Fsp3) is 0.611. The summed E-state index contributed by atoms with van der Waals surface area (Å²) < 4.78 is 41.2. The van der Waals surface area contributed by atoms with Crippen LogP contribution in [0.25, 0.3) is 0 Å². The molecule has 2 N–H and O–H groups in total. The third-order valence-corrected chi connectivity index (χ3v) is 4.56. The first-order valence-electron chi connectivity index (χ1n) is 8.66. The molecule has 148 valence electrons. The lowest BCUT2D eigenvalue weighted by Gasteiger charge is -2.28. The number of benzene rings is 1. The predicted molar refractivity (Wildman–Crippen MR) is 96.5 cm³/mol. The average Bonchev–Trinajstić information content (AvgIpc) is 2.56. The summed E-state index contributed by atoms with van der Waals surface area (Å²) in [5, 5.41) is 6.14. The van der Waals surface area contributed by atoms with Gasteiger partial charge in [0.1, 0.15) is 5.75 Å². The molecule has 8 heteroatoms. The maximum Gasteiger partial charge on any atom is 0.573 e. The van der Waals surface area contributed by atoms with E-state index >= 15 is 0 Å². The SMILES string of the molecule is CC(CC(=O)NCCc1ccccc1OC(F)(F)F)C1CCCNC1.Cl. The Bertz CT molecular complexity index is 564. The number of hydrogen-bond acceptors (Lipinski definition) is 3. The molecule has 0 radical (unpaired) electrons. The predicted octanol–water partition coefficient (Wildman–Crippen LogP) is 3.69. The van der Waals surface area contributed by atoms with Crippen LogP contribution < -0.4 is 15.4 Å². The summed E-state index contributed by atoms with van der Waals surface area (Å²) in [5.41, 5.74) is 0.421. The number of ether oxygens (including phenoxy) is 1. The van der Waals surface area contributed by atoms with Crippen molar-refractivity contribution in [2.45, 2.75) is 39.0 Å². The van der Waals surface area contributed by atoms with E-state index in [9.17, 15) is 18.0 Å². The second kappa shape index (κ2) is 10.6. The minimum atomic E-state index is -4.72. The lowest BCUT2D eigenvalue weighted by molar-refractivity contribution is -0.274. The van der Waals surface area contributed by atoms with Crippen LogP contribution in [0.1, 0.15) is 31.7 Å². The summed E-state index contributed by atoms with van der Waals surface area (Å²) in [6.45, 7) is 4.34. The van der Waals surface area contributed by atoms with Gasteiger partial charge in [-0.2, -0.15) is 0 Å². The molecule has 1 aliphatic rings. The number of piperidine rings is 1. The number of halogens is 4. The Labute approximate surface area is 158 Å². The van der Waals surface area contributed by atoms with Crippen LogP contribution in [0, 0.1) is 11.8 Å². The topological polar surface area (TPSA) is 50.4 Å². The molecule has 2 rings (SSSR count). The number of para-hydroxylation sites is 1. The minimum Gasteiger partial charge on any atom is -0.406 e. The molecule has 1 aromatic carbocycles. The first kappa shape index (κ1) is 22.6. The number of carbonyl (C=O) groups excluding carboxylic acids is 1. The van der Waals surface area contributed by atoms with Gasteiger partial charge in [-0.1, -0.05) is 25.1 Å². The summed E-state index contributed by atoms with van der Waals surface area (Å²) in [4.78, 5) is 12.1. The van der Waals surface area contributed by atoms with Crippen molar-refractivity contribution in [3.63, 3.8) is 0 Å². The van der Waals surface area contributed by atoms with Crippen molar-refractivity contribution in [1.29, 1.82) is 0 Å². The van der Waals surface area contributed by atoms with Crippen molar-refractivity contribution in [3.05, 3.63) is 29.8 Å². The maximum absolute atomic E-state index is 12.4. The lowest BCUT2D eigenvalue weighted by Crippen LogP contribution is -2.36. The smallest absolute Gasteiger partial charge is 0.406 e. The van der Waals surface area contributed by atoms with Crippen molar-refractivity contribution in [3.8, 4) is 5.75 Å². The van der Waals surface area contributed by atoms with Gasteiger partial charge in [-0.3, -0.25) is 4.79 Å². The molecule has 0 aromatic heterocycles. The van der Waals surface area contributed by atoms with Crippen LogP contribution in [-0.2, 0) is 11.2 Å². The van der Waals surface area contributed by atoms with Crippen LogP contribution in [0.15, 0.2) is 24.3 Å². The van der Waals surface area contributed by atoms with Gasteiger partial charge in [-0.25, -0.2) is 0 Å². The molecule has 4 nitrogen and oxygen atoms in total.